The third-order valence-corrected chi connectivity index (χ3v) is 6.18. The molecule has 0 atom stereocenters. The second-order valence-electron chi connectivity index (χ2n) is 4.52. The number of hydrogen-bond acceptors (Lipinski definition) is 5. The third-order valence-electron chi connectivity index (χ3n) is 2.81. The van der Waals surface area contributed by atoms with Crippen LogP contribution >= 0.6 is 34.5 Å². The highest BCUT2D eigenvalue weighted by molar-refractivity contribution is 7.93. The number of carbonyl (C=O) groups is 1. The fraction of sp³-hybridized carbons (Fsp3) is 0.214. The van der Waals surface area contributed by atoms with Crippen LogP contribution in [0.1, 0.15) is 22.2 Å². The summed E-state index contributed by atoms with van der Waals surface area (Å²) in [6.45, 7) is 3.66. The Bertz CT molecular complexity index is 846. The van der Waals surface area contributed by atoms with E-state index in [1.807, 2.05) is 0 Å². The lowest BCUT2D eigenvalue weighted by atomic mass is 10.3. The van der Waals surface area contributed by atoms with Crippen LogP contribution in [0.2, 0.25) is 10.0 Å². The molecule has 9 heteroatoms. The first kappa shape index (κ1) is 18.1. The molecule has 0 aliphatic heterocycles. The number of halogens is 2. The number of anilines is 1. The summed E-state index contributed by atoms with van der Waals surface area (Å²) >= 11 is 12.6. The van der Waals surface area contributed by atoms with E-state index in [9.17, 15) is 13.2 Å². The van der Waals surface area contributed by atoms with Crippen molar-refractivity contribution in [2.45, 2.75) is 18.7 Å². The number of nitrogens with one attached hydrogen (secondary N) is 1. The largest absolute Gasteiger partial charge is 0.462 e. The van der Waals surface area contributed by atoms with Crippen LogP contribution in [0, 0.1) is 6.92 Å². The van der Waals surface area contributed by atoms with Crippen LogP contribution in [-0.4, -0.2) is 21.0 Å². The number of ether oxygens (including phenoxy) is 1. The van der Waals surface area contributed by atoms with E-state index in [-0.39, 0.29) is 21.5 Å². The Kier molecular flexibility index (Phi) is 5.57. The molecule has 0 saturated carbocycles. The molecule has 2 aromatic rings. The van der Waals surface area contributed by atoms with E-state index in [1.54, 1.807) is 19.9 Å². The van der Waals surface area contributed by atoms with E-state index in [0.717, 1.165) is 11.3 Å². The number of sulfonamides is 1. The summed E-state index contributed by atoms with van der Waals surface area (Å²) in [5, 5.41) is 0.725. The van der Waals surface area contributed by atoms with E-state index >= 15 is 0 Å². The topological polar surface area (TPSA) is 72.5 Å². The Morgan fingerprint density at radius 1 is 1.26 bits per heavy atom. The maximum Gasteiger partial charge on any atom is 0.348 e. The van der Waals surface area contributed by atoms with Crippen LogP contribution in [0.5, 0.6) is 0 Å². The zero-order valence-corrected chi connectivity index (χ0v) is 15.4. The van der Waals surface area contributed by atoms with Gasteiger partial charge in [0.15, 0.2) is 0 Å². The SMILES string of the molecule is CCOC(=O)c1sc(NS(=O)(=O)c2ccc(Cl)c(Cl)c2)cc1C. The lowest BCUT2D eigenvalue weighted by Crippen LogP contribution is -2.12. The molecular weight excluding hydrogens is 381 g/mol. The Labute approximate surface area is 148 Å². The zero-order valence-electron chi connectivity index (χ0n) is 12.2. The first-order valence-electron chi connectivity index (χ1n) is 6.50. The highest BCUT2D eigenvalue weighted by Crippen LogP contribution is 2.30. The maximum atomic E-state index is 12.4. The molecule has 0 saturated heterocycles. The smallest absolute Gasteiger partial charge is 0.348 e. The van der Waals surface area contributed by atoms with Crippen LogP contribution in [0.25, 0.3) is 0 Å². The second-order valence-corrected chi connectivity index (χ2v) is 8.07. The first-order valence-corrected chi connectivity index (χ1v) is 9.55. The van der Waals surface area contributed by atoms with Gasteiger partial charge in [-0.2, -0.15) is 0 Å². The molecule has 0 unspecified atom stereocenters. The van der Waals surface area contributed by atoms with Gasteiger partial charge < -0.3 is 4.74 Å². The summed E-state index contributed by atoms with van der Waals surface area (Å²) < 4.78 is 32.1. The summed E-state index contributed by atoms with van der Waals surface area (Å²) in [4.78, 5) is 12.1. The molecule has 1 aromatic carbocycles. The standard InChI is InChI=1S/C14H13Cl2NO4S2/c1-3-21-14(18)13-8(2)6-12(22-13)17-23(19,20)9-4-5-10(15)11(16)7-9/h4-7,17H,3H2,1-2H3. The van der Waals surface area contributed by atoms with Crippen molar-refractivity contribution in [2.75, 3.05) is 11.3 Å². The lowest BCUT2D eigenvalue weighted by Gasteiger charge is -2.06. The van der Waals surface area contributed by atoms with Crippen molar-refractivity contribution in [1.82, 2.24) is 0 Å². The fourth-order valence-electron chi connectivity index (χ4n) is 1.77. The summed E-state index contributed by atoms with van der Waals surface area (Å²) in [7, 11) is -3.83. The Morgan fingerprint density at radius 2 is 1.96 bits per heavy atom. The van der Waals surface area contributed by atoms with Gasteiger partial charge in [0.1, 0.15) is 9.88 Å². The van der Waals surface area contributed by atoms with E-state index < -0.39 is 16.0 Å². The average molecular weight is 394 g/mol. The van der Waals surface area contributed by atoms with Crippen molar-refractivity contribution in [3.05, 3.63) is 44.8 Å². The molecule has 1 heterocycles. The van der Waals surface area contributed by atoms with Gasteiger partial charge in [-0.3, -0.25) is 4.72 Å². The summed E-state index contributed by atoms with van der Waals surface area (Å²) in [5.74, 6) is -0.477. The molecule has 0 aliphatic rings. The van der Waals surface area contributed by atoms with Crippen molar-refractivity contribution >= 4 is 55.5 Å². The highest BCUT2D eigenvalue weighted by atomic mass is 35.5. The van der Waals surface area contributed by atoms with Crippen LogP contribution in [0.15, 0.2) is 29.2 Å². The van der Waals surface area contributed by atoms with Gasteiger partial charge in [-0.25, -0.2) is 13.2 Å². The number of benzene rings is 1. The molecule has 0 radical (unpaired) electrons. The summed E-state index contributed by atoms with van der Waals surface area (Å²) in [6, 6.07) is 5.59. The van der Waals surface area contributed by atoms with E-state index in [2.05, 4.69) is 4.72 Å². The predicted molar refractivity (Wildman–Crippen MR) is 92.3 cm³/mol. The van der Waals surface area contributed by atoms with Crippen molar-refractivity contribution in [2.24, 2.45) is 0 Å². The van der Waals surface area contributed by atoms with E-state index in [1.165, 1.54) is 18.2 Å². The molecule has 124 valence electrons. The highest BCUT2D eigenvalue weighted by Gasteiger charge is 2.20. The molecular formula is C14H13Cl2NO4S2. The number of rotatable bonds is 5. The second kappa shape index (κ2) is 7.09. The molecule has 1 N–H and O–H groups in total. The normalized spacial score (nSPS) is 11.3. The molecule has 23 heavy (non-hydrogen) atoms. The average Bonchev–Trinajstić information content (AvgIpc) is 2.82. The van der Waals surface area contributed by atoms with E-state index in [0.29, 0.717) is 15.4 Å². The van der Waals surface area contributed by atoms with Crippen molar-refractivity contribution in [3.63, 3.8) is 0 Å². The number of thiophene rings is 1. The molecule has 0 amide bonds. The number of aryl methyl sites for hydroxylation is 1. The minimum absolute atomic E-state index is 0.0179. The van der Waals surface area contributed by atoms with Gasteiger partial charge in [0, 0.05) is 0 Å². The molecule has 5 nitrogen and oxygen atoms in total. The zero-order chi connectivity index (χ0) is 17.2. The summed E-state index contributed by atoms with van der Waals surface area (Å²) in [5.41, 5.74) is 0.639. The molecule has 2 rings (SSSR count). The van der Waals surface area contributed by atoms with Crippen molar-refractivity contribution in [3.8, 4) is 0 Å². The van der Waals surface area contributed by atoms with Crippen LogP contribution < -0.4 is 4.72 Å². The molecule has 1 aromatic heterocycles. The Balaban J connectivity index is 2.29. The molecule has 0 aliphatic carbocycles. The van der Waals surface area contributed by atoms with Gasteiger partial charge in [-0.15, -0.1) is 11.3 Å². The Hall–Kier alpha value is -1.28. The number of esters is 1. The molecule has 0 bridgehead atoms. The third kappa shape index (κ3) is 4.17. The maximum absolute atomic E-state index is 12.4. The van der Waals surface area contributed by atoms with Crippen molar-refractivity contribution < 1.29 is 17.9 Å². The monoisotopic (exact) mass is 393 g/mol. The summed E-state index contributed by atoms with van der Waals surface area (Å²) in [6.07, 6.45) is 0. The van der Waals surface area contributed by atoms with Gasteiger partial charge in [-0.05, 0) is 43.7 Å². The quantitative estimate of drug-likeness (QED) is 0.766. The van der Waals surface area contributed by atoms with E-state index in [4.69, 9.17) is 27.9 Å². The van der Waals surface area contributed by atoms with Crippen LogP contribution in [-0.2, 0) is 14.8 Å². The van der Waals surface area contributed by atoms with Gasteiger partial charge in [-0.1, -0.05) is 23.2 Å². The molecule has 0 spiro atoms. The van der Waals surface area contributed by atoms with Gasteiger partial charge >= 0.3 is 5.97 Å². The number of hydrogen-bond donors (Lipinski definition) is 1. The van der Waals surface area contributed by atoms with Gasteiger partial charge in [0.25, 0.3) is 10.0 Å². The van der Waals surface area contributed by atoms with Gasteiger partial charge in [0.2, 0.25) is 0 Å². The molecule has 0 fully saturated rings. The minimum atomic E-state index is -3.83. The van der Waals surface area contributed by atoms with Gasteiger partial charge in [0.05, 0.1) is 21.5 Å². The fourth-order valence-corrected chi connectivity index (χ4v) is 4.41. The van der Waals surface area contributed by atoms with Crippen molar-refractivity contribution in [1.29, 1.82) is 0 Å². The Morgan fingerprint density at radius 3 is 2.57 bits per heavy atom. The predicted octanol–water partition coefficient (Wildman–Crippen LogP) is 4.34. The first-order chi connectivity index (χ1) is 10.7. The van der Waals surface area contributed by atoms with Crippen LogP contribution in [0.4, 0.5) is 5.00 Å². The number of carbonyl (C=O) groups excluding carboxylic acids is 1. The minimum Gasteiger partial charge on any atom is -0.462 e. The lowest BCUT2D eigenvalue weighted by molar-refractivity contribution is 0.0531. The van der Waals surface area contributed by atoms with Crippen LogP contribution in [0.3, 0.4) is 0 Å².